The molecule has 2 atom stereocenters. The Kier molecular flexibility index (Phi) is 1.72. The first-order chi connectivity index (χ1) is 6.35. The molecule has 0 spiro atoms. The molecular formula is C10H11ClO3. The molecule has 2 fully saturated rings. The molecule has 0 aromatic heterocycles. The normalized spacial score (nSPS) is 39.2. The molecule has 0 aromatic carbocycles. The van der Waals surface area contributed by atoms with Gasteiger partial charge in [-0.15, -0.1) is 0 Å². The minimum absolute atomic E-state index is 0.308. The Balaban J connectivity index is 2.65. The third-order valence-electron chi connectivity index (χ3n) is 4.04. The summed E-state index contributed by atoms with van der Waals surface area (Å²) >= 11 is 5.50. The number of Topliss-reactive ketones (excluding diaryl/α,β-unsaturated/α-hetero) is 2. The Hall–Kier alpha value is -0.700. The predicted octanol–water partition coefficient (Wildman–Crippen LogP) is 1.33. The molecule has 76 valence electrons. The summed E-state index contributed by atoms with van der Waals surface area (Å²) in [6.45, 7) is 3.57. The van der Waals surface area contributed by atoms with Gasteiger partial charge in [-0.25, -0.2) is 0 Å². The lowest BCUT2D eigenvalue weighted by Gasteiger charge is -2.31. The van der Waals surface area contributed by atoms with Crippen LogP contribution in [-0.4, -0.2) is 16.8 Å². The molecule has 3 nitrogen and oxygen atoms in total. The molecule has 0 N–H and O–H groups in total. The maximum Gasteiger partial charge on any atom is 0.236 e. The van der Waals surface area contributed by atoms with Crippen LogP contribution >= 0.6 is 11.6 Å². The van der Waals surface area contributed by atoms with Gasteiger partial charge in [-0.1, -0.05) is 13.8 Å². The fraction of sp³-hybridized carbons (Fsp3) is 0.700. The summed E-state index contributed by atoms with van der Waals surface area (Å²) in [6.07, 6.45) is 1.04. The van der Waals surface area contributed by atoms with Crippen LogP contribution in [0, 0.1) is 16.7 Å². The van der Waals surface area contributed by atoms with Crippen molar-refractivity contribution in [1.29, 1.82) is 0 Å². The van der Waals surface area contributed by atoms with E-state index in [1.54, 1.807) is 13.8 Å². The van der Waals surface area contributed by atoms with Crippen LogP contribution in [0.1, 0.15) is 26.7 Å². The first kappa shape index (κ1) is 9.84. The molecule has 14 heavy (non-hydrogen) atoms. The maximum absolute atomic E-state index is 11.7. The van der Waals surface area contributed by atoms with Gasteiger partial charge in [0.1, 0.15) is 5.41 Å². The smallest absolute Gasteiger partial charge is 0.236 e. The fourth-order valence-electron chi connectivity index (χ4n) is 3.02. The first-order valence-corrected chi connectivity index (χ1v) is 5.02. The molecule has 0 amide bonds. The Labute approximate surface area is 86.8 Å². The van der Waals surface area contributed by atoms with Gasteiger partial charge in [0.25, 0.3) is 0 Å². The minimum Gasteiger partial charge on any atom is -0.291 e. The van der Waals surface area contributed by atoms with Gasteiger partial charge in [0, 0.05) is 5.92 Å². The summed E-state index contributed by atoms with van der Waals surface area (Å²) in [5.41, 5.74) is -1.82. The molecule has 2 rings (SSSR count). The van der Waals surface area contributed by atoms with Crippen molar-refractivity contribution in [3.8, 4) is 0 Å². The van der Waals surface area contributed by atoms with E-state index in [-0.39, 0.29) is 5.92 Å². The van der Waals surface area contributed by atoms with E-state index in [0.29, 0.717) is 12.8 Å². The molecule has 2 aliphatic rings. The quantitative estimate of drug-likeness (QED) is 0.376. The van der Waals surface area contributed by atoms with Crippen molar-refractivity contribution in [2.75, 3.05) is 0 Å². The van der Waals surface area contributed by atoms with E-state index in [4.69, 9.17) is 11.6 Å². The highest BCUT2D eigenvalue weighted by atomic mass is 35.5. The van der Waals surface area contributed by atoms with Crippen molar-refractivity contribution in [3.05, 3.63) is 0 Å². The Bertz CT molecular complexity index is 358. The van der Waals surface area contributed by atoms with Gasteiger partial charge in [-0.3, -0.25) is 14.4 Å². The van der Waals surface area contributed by atoms with Crippen molar-refractivity contribution in [2.45, 2.75) is 26.7 Å². The van der Waals surface area contributed by atoms with E-state index in [1.807, 2.05) is 0 Å². The highest BCUT2D eigenvalue weighted by molar-refractivity contribution is 6.69. The summed E-state index contributed by atoms with van der Waals surface area (Å²) in [5.74, 6) is -1.29. The standard InChI is InChI=1S/C10H11ClO3/c1-9(2)5-3-4-10(9,8(11)14)7(13)6(5)12/h5H,3-4H2,1-2H3/t5-,10+/m1/s1. The average molecular weight is 215 g/mol. The van der Waals surface area contributed by atoms with Gasteiger partial charge in [-0.05, 0) is 29.9 Å². The zero-order valence-corrected chi connectivity index (χ0v) is 8.85. The third kappa shape index (κ3) is 0.738. The Morgan fingerprint density at radius 3 is 2.29 bits per heavy atom. The second-order valence-electron chi connectivity index (χ2n) is 4.69. The largest absolute Gasteiger partial charge is 0.291 e. The second kappa shape index (κ2) is 2.45. The van der Waals surface area contributed by atoms with Gasteiger partial charge in [0.2, 0.25) is 16.8 Å². The summed E-state index contributed by atoms with van der Waals surface area (Å²) in [4.78, 5) is 34.6. The molecule has 4 heteroatoms. The van der Waals surface area contributed by atoms with Gasteiger partial charge in [0.15, 0.2) is 0 Å². The maximum atomic E-state index is 11.7. The van der Waals surface area contributed by atoms with Crippen LogP contribution in [0.15, 0.2) is 0 Å². The third-order valence-corrected chi connectivity index (χ3v) is 4.37. The van der Waals surface area contributed by atoms with Crippen LogP contribution in [0.3, 0.4) is 0 Å². The molecule has 0 unspecified atom stereocenters. The van der Waals surface area contributed by atoms with Crippen LogP contribution in [0.2, 0.25) is 0 Å². The predicted molar refractivity (Wildman–Crippen MR) is 49.8 cm³/mol. The number of hydrogen-bond acceptors (Lipinski definition) is 3. The van der Waals surface area contributed by atoms with Crippen LogP contribution in [0.5, 0.6) is 0 Å². The van der Waals surface area contributed by atoms with E-state index in [0.717, 1.165) is 0 Å². The van der Waals surface area contributed by atoms with Crippen LogP contribution in [-0.2, 0) is 14.4 Å². The van der Waals surface area contributed by atoms with Gasteiger partial charge < -0.3 is 0 Å². The molecule has 0 saturated heterocycles. The van der Waals surface area contributed by atoms with Crippen molar-refractivity contribution in [1.82, 2.24) is 0 Å². The van der Waals surface area contributed by atoms with Crippen molar-refractivity contribution >= 4 is 28.4 Å². The molecule has 0 aliphatic heterocycles. The zero-order valence-electron chi connectivity index (χ0n) is 8.09. The van der Waals surface area contributed by atoms with E-state index < -0.39 is 27.6 Å². The lowest BCUT2D eigenvalue weighted by atomic mass is 9.70. The molecule has 2 aliphatic carbocycles. The highest BCUT2D eigenvalue weighted by Gasteiger charge is 2.72. The lowest BCUT2D eigenvalue weighted by molar-refractivity contribution is -0.145. The lowest BCUT2D eigenvalue weighted by Crippen LogP contribution is -2.42. The van der Waals surface area contributed by atoms with E-state index in [9.17, 15) is 14.4 Å². The van der Waals surface area contributed by atoms with E-state index in [1.165, 1.54) is 0 Å². The zero-order chi connectivity index (χ0) is 10.7. The molecule has 0 radical (unpaired) electrons. The van der Waals surface area contributed by atoms with Crippen molar-refractivity contribution in [3.63, 3.8) is 0 Å². The van der Waals surface area contributed by atoms with Gasteiger partial charge in [-0.2, -0.15) is 0 Å². The summed E-state index contributed by atoms with van der Waals surface area (Å²) in [6, 6.07) is 0. The van der Waals surface area contributed by atoms with Crippen molar-refractivity contribution < 1.29 is 14.4 Å². The molecule has 0 heterocycles. The van der Waals surface area contributed by atoms with Crippen LogP contribution in [0.4, 0.5) is 0 Å². The minimum atomic E-state index is -1.23. The van der Waals surface area contributed by atoms with Crippen LogP contribution in [0.25, 0.3) is 0 Å². The monoisotopic (exact) mass is 214 g/mol. The molecule has 2 bridgehead atoms. The number of fused-ring (bicyclic) bond motifs is 2. The Morgan fingerprint density at radius 1 is 1.43 bits per heavy atom. The Morgan fingerprint density at radius 2 is 2.00 bits per heavy atom. The first-order valence-electron chi connectivity index (χ1n) is 4.64. The number of halogens is 1. The summed E-state index contributed by atoms with van der Waals surface area (Å²) in [5, 5.41) is -0.666. The number of hydrogen-bond donors (Lipinski definition) is 0. The van der Waals surface area contributed by atoms with Crippen molar-refractivity contribution in [2.24, 2.45) is 16.7 Å². The van der Waals surface area contributed by atoms with Gasteiger partial charge >= 0.3 is 0 Å². The SMILES string of the molecule is CC1(C)[C@@H]2CC[C@@]1(C(=O)Cl)C(=O)C2=O. The van der Waals surface area contributed by atoms with Crippen LogP contribution < -0.4 is 0 Å². The molecular weight excluding hydrogens is 204 g/mol. The number of rotatable bonds is 1. The average Bonchev–Trinajstić information content (AvgIpc) is 2.41. The number of ketones is 2. The molecule has 0 aromatic rings. The van der Waals surface area contributed by atoms with E-state index >= 15 is 0 Å². The number of carbonyl (C=O) groups excluding carboxylic acids is 3. The molecule has 2 saturated carbocycles. The summed E-state index contributed by atoms with van der Waals surface area (Å²) in [7, 11) is 0. The second-order valence-corrected chi connectivity index (χ2v) is 5.03. The number of carbonyl (C=O) groups is 3. The van der Waals surface area contributed by atoms with Gasteiger partial charge in [0.05, 0.1) is 0 Å². The highest BCUT2D eigenvalue weighted by Crippen LogP contribution is 2.63. The van der Waals surface area contributed by atoms with E-state index in [2.05, 4.69) is 0 Å². The topological polar surface area (TPSA) is 51.2 Å². The summed E-state index contributed by atoms with van der Waals surface area (Å²) < 4.78 is 0. The fourth-order valence-corrected chi connectivity index (χ4v) is 3.44.